The molecular weight excluding hydrogens is 315 g/mol. The summed E-state index contributed by atoms with van der Waals surface area (Å²) < 4.78 is 6.30. The maximum absolute atomic E-state index is 12.3. The van der Waals surface area contributed by atoms with E-state index in [9.17, 15) is 4.79 Å². The predicted octanol–water partition coefficient (Wildman–Crippen LogP) is 1.89. The van der Waals surface area contributed by atoms with Crippen LogP contribution in [0.1, 0.15) is 19.8 Å². The number of allylic oxidation sites excluding steroid dienone is 2. The average Bonchev–Trinajstić information content (AvgIpc) is 2.54. The molecule has 0 saturated carbocycles. The zero-order chi connectivity index (χ0) is 11.4. The summed E-state index contributed by atoms with van der Waals surface area (Å²) >= 11 is -0.168. The SMILES string of the molecule is CC1CNCCC(C(=O)C2=CC=IN=C2)C1. The third-order valence-corrected chi connectivity index (χ3v) is 4.33. The van der Waals surface area contributed by atoms with Crippen molar-refractivity contribution in [1.29, 1.82) is 0 Å². The number of nitrogens with zero attached hydrogens (tertiary/aromatic N) is 1. The number of rotatable bonds is 2. The fourth-order valence-electron chi connectivity index (χ4n) is 2.18. The van der Waals surface area contributed by atoms with Gasteiger partial charge < -0.3 is 5.32 Å². The van der Waals surface area contributed by atoms with E-state index in [0.717, 1.165) is 31.5 Å². The first kappa shape index (κ1) is 12.1. The normalized spacial score (nSPS) is 30.2. The molecule has 3 nitrogen and oxygen atoms in total. The summed E-state index contributed by atoms with van der Waals surface area (Å²) in [7, 11) is 0. The first-order valence-electron chi connectivity index (χ1n) is 5.72. The second kappa shape index (κ2) is 5.82. The number of hydrogen-bond donors (Lipinski definition) is 1. The van der Waals surface area contributed by atoms with Crippen molar-refractivity contribution in [3.05, 3.63) is 11.6 Å². The molecule has 2 aliphatic rings. The summed E-state index contributed by atoms with van der Waals surface area (Å²) in [5.74, 6) is 1.07. The Kier molecular flexibility index (Phi) is 4.40. The molecule has 1 fully saturated rings. The summed E-state index contributed by atoms with van der Waals surface area (Å²) in [4.78, 5) is 12.3. The molecule has 0 radical (unpaired) electrons. The van der Waals surface area contributed by atoms with E-state index in [0.29, 0.717) is 11.7 Å². The fraction of sp³-hybridized carbons (Fsp3) is 0.583. The lowest BCUT2D eigenvalue weighted by Crippen LogP contribution is -2.20. The lowest BCUT2D eigenvalue weighted by Gasteiger charge is -2.15. The number of carbonyl (C=O) groups is 1. The van der Waals surface area contributed by atoms with Gasteiger partial charge in [0.1, 0.15) is 0 Å². The number of halogens is 1. The molecule has 2 atom stereocenters. The molecular formula is C12H17IN2O. The summed E-state index contributed by atoms with van der Waals surface area (Å²) in [6.07, 6.45) is 5.71. The molecule has 0 amide bonds. The van der Waals surface area contributed by atoms with Crippen molar-refractivity contribution in [1.82, 2.24) is 5.32 Å². The highest BCUT2D eigenvalue weighted by atomic mass is 127. The van der Waals surface area contributed by atoms with Crippen LogP contribution in [0.15, 0.2) is 14.9 Å². The van der Waals surface area contributed by atoms with E-state index in [2.05, 4.69) is 19.5 Å². The van der Waals surface area contributed by atoms with Crippen LogP contribution in [0.5, 0.6) is 0 Å². The molecule has 1 saturated heterocycles. The van der Waals surface area contributed by atoms with Gasteiger partial charge in [-0.3, -0.25) is 4.79 Å². The molecule has 16 heavy (non-hydrogen) atoms. The predicted molar refractivity (Wildman–Crippen MR) is 76.4 cm³/mol. The zero-order valence-electron chi connectivity index (χ0n) is 9.45. The highest BCUT2D eigenvalue weighted by Gasteiger charge is 2.25. The summed E-state index contributed by atoms with van der Waals surface area (Å²) in [6.45, 7) is 4.20. The lowest BCUT2D eigenvalue weighted by molar-refractivity contribution is -0.119. The minimum atomic E-state index is -0.168. The lowest BCUT2D eigenvalue weighted by atomic mass is 9.88. The highest BCUT2D eigenvalue weighted by Crippen LogP contribution is 2.22. The van der Waals surface area contributed by atoms with Gasteiger partial charge in [0.25, 0.3) is 0 Å². The minimum absolute atomic E-state index is 0.168. The Morgan fingerprint density at radius 3 is 3.25 bits per heavy atom. The molecule has 0 aromatic carbocycles. The van der Waals surface area contributed by atoms with Gasteiger partial charge >= 0.3 is 0 Å². The maximum Gasteiger partial charge on any atom is 0.167 e. The van der Waals surface area contributed by atoms with E-state index in [1.807, 2.05) is 6.08 Å². The first-order valence-corrected chi connectivity index (χ1v) is 7.93. The van der Waals surface area contributed by atoms with Crippen LogP contribution in [0.2, 0.25) is 0 Å². The van der Waals surface area contributed by atoms with E-state index < -0.39 is 0 Å². The van der Waals surface area contributed by atoms with E-state index >= 15 is 0 Å². The molecule has 1 N–H and O–H groups in total. The Hall–Kier alpha value is -0.360. The molecule has 0 bridgehead atoms. The quantitative estimate of drug-likeness (QED) is 0.785. The second-order valence-corrected chi connectivity index (χ2v) is 6.30. The Morgan fingerprint density at radius 2 is 2.50 bits per heavy atom. The maximum atomic E-state index is 12.3. The summed E-state index contributed by atoms with van der Waals surface area (Å²) in [5, 5.41) is 3.38. The molecule has 2 rings (SSSR count). The van der Waals surface area contributed by atoms with Crippen molar-refractivity contribution < 1.29 is 4.79 Å². The van der Waals surface area contributed by atoms with Gasteiger partial charge in [0.05, 0.1) is 0 Å². The molecule has 0 aromatic heterocycles. The van der Waals surface area contributed by atoms with Crippen LogP contribution < -0.4 is 5.32 Å². The van der Waals surface area contributed by atoms with Crippen molar-refractivity contribution in [2.45, 2.75) is 19.8 Å². The minimum Gasteiger partial charge on any atom is -0.316 e. The van der Waals surface area contributed by atoms with Gasteiger partial charge in [0.2, 0.25) is 0 Å². The Morgan fingerprint density at radius 1 is 1.62 bits per heavy atom. The fourth-order valence-corrected chi connectivity index (χ4v) is 3.38. The second-order valence-electron chi connectivity index (χ2n) is 4.47. The van der Waals surface area contributed by atoms with Gasteiger partial charge in [-0.25, -0.2) is 3.21 Å². The topological polar surface area (TPSA) is 41.5 Å². The number of carbonyl (C=O) groups excluding carboxylic acids is 1. The summed E-state index contributed by atoms with van der Waals surface area (Å²) in [5.41, 5.74) is 0.810. The number of Topliss-reactive ketones (excluding diaryl/α,β-unsaturated/α-hetero) is 1. The van der Waals surface area contributed by atoms with Crippen LogP contribution in [0.3, 0.4) is 0 Å². The van der Waals surface area contributed by atoms with Crippen LogP contribution in [0, 0.1) is 11.8 Å². The van der Waals surface area contributed by atoms with Crippen molar-refractivity contribution in [2.75, 3.05) is 13.1 Å². The van der Waals surface area contributed by atoms with Gasteiger partial charge in [-0.1, -0.05) is 6.92 Å². The van der Waals surface area contributed by atoms with Crippen molar-refractivity contribution in [3.63, 3.8) is 0 Å². The molecule has 0 spiro atoms. The Bertz CT molecular complexity index is 360. The summed E-state index contributed by atoms with van der Waals surface area (Å²) in [6, 6.07) is 0. The molecule has 4 heteroatoms. The molecule has 2 aliphatic heterocycles. The van der Waals surface area contributed by atoms with Crippen molar-refractivity contribution in [3.8, 4) is 0 Å². The van der Waals surface area contributed by atoms with Crippen LogP contribution in [0.25, 0.3) is 0 Å². The highest BCUT2D eigenvalue weighted by molar-refractivity contribution is 14.2. The Balaban J connectivity index is 2.05. The standard InChI is InChI=1S/C12H17IN2O/c1-9-6-10(3-5-14-7-9)12(16)11-2-4-13-15-8-11/h2,4,8-10,14H,3,5-7H2,1H3. The van der Waals surface area contributed by atoms with Crippen LogP contribution in [-0.2, 0) is 4.79 Å². The first-order chi connectivity index (χ1) is 7.77. The number of nitrogens with one attached hydrogen (secondary N) is 1. The van der Waals surface area contributed by atoms with E-state index in [1.54, 1.807) is 6.21 Å². The van der Waals surface area contributed by atoms with E-state index in [4.69, 9.17) is 0 Å². The Labute approximate surface area is 107 Å². The third kappa shape index (κ3) is 3.07. The average molecular weight is 332 g/mol. The largest absolute Gasteiger partial charge is 0.316 e. The van der Waals surface area contributed by atoms with Crippen LogP contribution in [-0.4, -0.2) is 29.1 Å². The smallest absolute Gasteiger partial charge is 0.167 e. The molecule has 2 heterocycles. The number of hydrogen-bond acceptors (Lipinski definition) is 3. The molecule has 2 unspecified atom stereocenters. The van der Waals surface area contributed by atoms with Crippen LogP contribution in [0.4, 0.5) is 0 Å². The van der Waals surface area contributed by atoms with Crippen molar-refractivity contribution in [2.24, 2.45) is 15.0 Å². The van der Waals surface area contributed by atoms with Gasteiger partial charge in [-0.15, -0.1) is 0 Å². The monoisotopic (exact) mass is 332 g/mol. The van der Waals surface area contributed by atoms with Crippen LogP contribution >= 0.6 is 21.0 Å². The van der Waals surface area contributed by atoms with Gasteiger partial charge in [-0.2, -0.15) is 0 Å². The zero-order valence-corrected chi connectivity index (χ0v) is 11.6. The van der Waals surface area contributed by atoms with Gasteiger partial charge in [-0.05, 0) is 41.9 Å². The van der Waals surface area contributed by atoms with Crippen molar-refractivity contribution >= 4 is 37.0 Å². The van der Waals surface area contributed by atoms with E-state index in [-0.39, 0.29) is 26.9 Å². The van der Waals surface area contributed by atoms with Gasteiger partial charge in [0.15, 0.2) is 5.78 Å². The van der Waals surface area contributed by atoms with Gasteiger partial charge in [0, 0.05) is 38.7 Å². The molecule has 88 valence electrons. The molecule has 0 aliphatic carbocycles. The third-order valence-electron chi connectivity index (χ3n) is 3.05. The number of ketones is 1. The molecule has 0 aromatic rings. The van der Waals surface area contributed by atoms with E-state index in [1.165, 1.54) is 0 Å².